The van der Waals surface area contributed by atoms with Gasteiger partial charge in [-0.2, -0.15) is 4.80 Å². The second kappa shape index (κ2) is 3.92. The van der Waals surface area contributed by atoms with Gasteiger partial charge in [-0.25, -0.2) is 0 Å². The number of aromatic nitrogens is 4. The lowest BCUT2D eigenvalue weighted by Crippen LogP contribution is -2.11. The van der Waals surface area contributed by atoms with E-state index >= 15 is 0 Å². The van der Waals surface area contributed by atoms with Crippen molar-refractivity contribution in [2.75, 3.05) is 0 Å². The van der Waals surface area contributed by atoms with E-state index in [1.807, 2.05) is 18.2 Å². The number of aliphatic hydroxyl groups excluding tert-OH is 1. The third-order valence-electron chi connectivity index (χ3n) is 3.30. The van der Waals surface area contributed by atoms with Gasteiger partial charge in [0.1, 0.15) is 0 Å². The Morgan fingerprint density at radius 3 is 2.94 bits per heavy atom. The van der Waals surface area contributed by atoms with Crippen LogP contribution in [0.5, 0.6) is 0 Å². The molecule has 2 unspecified atom stereocenters. The van der Waals surface area contributed by atoms with Crippen molar-refractivity contribution in [3.8, 4) is 0 Å². The van der Waals surface area contributed by atoms with E-state index < -0.39 is 6.10 Å². The summed E-state index contributed by atoms with van der Waals surface area (Å²) >= 11 is 0. The van der Waals surface area contributed by atoms with E-state index in [1.54, 1.807) is 7.05 Å². The summed E-state index contributed by atoms with van der Waals surface area (Å²) < 4.78 is 0. The van der Waals surface area contributed by atoms with Crippen LogP contribution in [0.3, 0.4) is 0 Å². The molecule has 0 saturated heterocycles. The normalized spacial score (nSPS) is 22.7. The van der Waals surface area contributed by atoms with Gasteiger partial charge in [0.05, 0.1) is 13.2 Å². The number of benzene rings is 1. The third-order valence-corrected chi connectivity index (χ3v) is 3.30. The first kappa shape index (κ1) is 10.4. The van der Waals surface area contributed by atoms with Crippen LogP contribution < -0.4 is 0 Å². The summed E-state index contributed by atoms with van der Waals surface area (Å²) in [6.07, 6.45) is 1.15. The van der Waals surface area contributed by atoms with Gasteiger partial charge in [0.15, 0.2) is 5.82 Å². The number of rotatable bonds is 2. The van der Waals surface area contributed by atoms with Crippen LogP contribution in [0.15, 0.2) is 24.3 Å². The smallest absolute Gasteiger partial charge is 0.175 e. The van der Waals surface area contributed by atoms with Crippen LogP contribution in [0, 0.1) is 5.92 Å². The molecule has 1 heterocycles. The molecule has 0 radical (unpaired) electrons. The van der Waals surface area contributed by atoms with Crippen LogP contribution in [0.25, 0.3) is 0 Å². The molecule has 1 N–H and O–H groups in total. The largest absolute Gasteiger partial charge is 0.388 e. The Morgan fingerprint density at radius 2 is 2.24 bits per heavy atom. The first-order valence-electron chi connectivity index (χ1n) is 5.73. The fourth-order valence-corrected chi connectivity index (χ4v) is 2.48. The Labute approximate surface area is 99.1 Å². The Kier molecular flexibility index (Phi) is 2.40. The topological polar surface area (TPSA) is 63.8 Å². The zero-order valence-corrected chi connectivity index (χ0v) is 9.61. The molecule has 0 aliphatic heterocycles. The predicted octanol–water partition coefficient (Wildman–Crippen LogP) is 0.658. The standard InChI is InChI=1S/C12H14N4O/c1-16-14-11(13-15-16)7-9-6-8-4-2-3-5-10(8)12(9)17/h2-5,9,12,17H,6-7H2,1H3. The Bertz CT molecular complexity index is 537. The zero-order valence-electron chi connectivity index (χ0n) is 9.61. The van der Waals surface area contributed by atoms with E-state index in [2.05, 4.69) is 21.5 Å². The number of fused-ring (bicyclic) bond motifs is 1. The molecule has 0 fully saturated rings. The number of aryl methyl sites for hydroxylation is 1. The first-order chi connectivity index (χ1) is 8.24. The van der Waals surface area contributed by atoms with E-state index in [4.69, 9.17) is 0 Å². The van der Waals surface area contributed by atoms with Gasteiger partial charge in [0.25, 0.3) is 0 Å². The fraction of sp³-hybridized carbons (Fsp3) is 0.417. The second-order valence-corrected chi connectivity index (χ2v) is 4.51. The molecule has 5 nitrogen and oxygen atoms in total. The van der Waals surface area contributed by atoms with E-state index in [1.165, 1.54) is 10.4 Å². The fourth-order valence-electron chi connectivity index (χ4n) is 2.48. The molecular weight excluding hydrogens is 216 g/mol. The lowest BCUT2D eigenvalue weighted by atomic mass is 9.99. The molecule has 1 aliphatic carbocycles. The minimum atomic E-state index is -0.407. The molecule has 1 aromatic carbocycles. The van der Waals surface area contributed by atoms with Crippen molar-refractivity contribution in [3.05, 3.63) is 41.2 Å². The number of tetrazole rings is 1. The number of nitrogens with zero attached hydrogens (tertiary/aromatic N) is 4. The van der Waals surface area contributed by atoms with Gasteiger partial charge in [0, 0.05) is 12.3 Å². The highest BCUT2D eigenvalue weighted by atomic mass is 16.3. The number of aliphatic hydroxyl groups is 1. The highest BCUT2D eigenvalue weighted by Crippen LogP contribution is 2.37. The van der Waals surface area contributed by atoms with Crippen LogP contribution in [0.1, 0.15) is 23.1 Å². The van der Waals surface area contributed by atoms with E-state index in [9.17, 15) is 5.11 Å². The Hall–Kier alpha value is -1.75. The summed E-state index contributed by atoms with van der Waals surface area (Å²) in [6.45, 7) is 0. The van der Waals surface area contributed by atoms with Crippen molar-refractivity contribution in [3.63, 3.8) is 0 Å². The van der Waals surface area contributed by atoms with Gasteiger partial charge in [-0.3, -0.25) is 0 Å². The van der Waals surface area contributed by atoms with Crippen molar-refractivity contribution in [2.24, 2.45) is 13.0 Å². The second-order valence-electron chi connectivity index (χ2n) is 4.51. The van der Waals surface area contributed by atoms with Crippen molar-refractivity contribution in [1.82, 2.24) is 20.2 Å². The van der Waals surface area contributed by atoms with Crippen molar-refractivity contribution < 1.29 is 5.11 Å². The summed E-state index contributed by atoms with van der Waals surface area (Å²) in [6, 6.07) is 8.03. The van der Waals surface area contributed by atoms with Crippen LogP contribution >= 0.6 is 0 Å². The minimum Gasteiger partial charge on any atom is -0.388 e. The van der Waals surface area contributed by atoms with Crippen LogP contribution in [0.4, 0.5) is 0 Å². The maximum atomic E-state index is 10.2. The first-order valence-corrected chi connectivity index (χ1v) is 5.73. The predicted molar refractivity (Wildman–Crippen MR) is 61.1 cm³/mol. The van der Waals surface area contributed by atoms with Gasteiger partial charge in [-0.05, 0) is 22.8 Å². The van der Waals surface area contributed by atoms with Gasteiger partial charge in [-0.1, -0.05) is 24.3 Å². The maximum absolute atomic E-state index is 10.2. The van der Waals surface area contributed by atoms with Crippen molar-refractivity contribution in [2.45, 2.75) is 18.9 Å². The van der Waals surface area contributed by atoms with Gasteiger partial charge >= 0.3 is 0 Å². The molecule has 0 saturated carbocycles. The monoisotopic (exact) mass is 230 g/mol. The molecule has 0 spiro atoms. The molecule has 88 valence electrons. The van der Waals surface area contributed by atoms with Crippen LogP contribution in [0.2, 0.25) is 0 Å². The van der Waals surface area contributed by atoms with Gasteiger partial charge in [-0.15, -0.1) is 10.2 Å². The van der Waals surface area contributed by atoms with Gasteiger partial charge < -0.3 is 5.11 Å². The average molecular weight is 230 g/mol. The zero-order chi connectivity index (χ0) is 11.8. The number of hydrogen-bond donors (Lipinski definition) is 1. The molecule has 5 heteroatoms. The molecular formula is C12H14N4O. The molecule has 17 heavy (non-hydrogen) atoms. The highest BCUT2D eigenvalue weighted by Gasteiger charge is 2.31. The van der Waals surface area contributed by atoms with Crippen LogP contribution in [-0.4, -0.2) is 25.3 Å². The Balaban J connectivity index is 1.80. The third kappa shape index (κ3) is 1.82. The SMILES string of the molecule is Cn1nnc(CC2Cc3ccccc3C2O)n1. The molecule has 1 aliphatic rings. The van der Waals surface area contributed by atoms with Crippen LogP contribution in [-0.2, 0) is 19.9 Å². The van der Waals surface area contributed by atoms with Gasteiger partial charge in [0.2, 0.25) is 0 Å². The molecule has 2 atom stereocenters. The Morgan fingerprint density at radius 1 is 1.41 bits per heavy atom. The average Bonchev–Trinajstić information content (AvgIpc) is 2.86. The minimum absolute atomic E-state index is 0.164. The maximum Gasteiger partial charge on any atom is 0.175 e. The highest BCUT2D eigenvalue weighted by molar-refractivity contribution is 5.34. The molecule has 0 amide bonds. The number of hydrogen-bond acceptors (Lipinski definition) is 4. The summed E-state index contributed by atoms with van der Waals surface area (Å²) in [5.41, 5.74) is 2.27. The molecule has 2 aromatic rings. The summed E-state index contributed by atoms with van der Waals surface area (Å²) in [7, 11) is 1.75. The van der Waals surface area contributed by atoms with E-state index in [0.717, 1.165) is 12.0 Å². The van der Waals surface area contributed by atoms with Crippen molar-refractivity contribution in [1.29, 1.82) is 0 Å². The summed E-state index contributed by atoms with van der Waals surface area (Å²) in [4.78, 5) is 1.45. The summed E-state index contributed by atoms with van der Waals surface area (Å²) in [5, 5.41) is 22.2. The molecule has 0 bridgehead atoms. The lowest BCUT2D eigenvalue weighted by Gasteiger charge is -2.12. The molecule has 1 aromatic heterocycles. The lowest BCUT2D eigenvalue weighted by molar-refractivity contribution is 0.122. The summed E-state index contributed by atoms with van der Waals surface area (Å²) in [5.74, 6) is 0.862. The molecule has 3 rings (SSSR count). The van der Waals surface area contributed by atoms with Crippen molar-refractivity contribution >= 4 is 0 Å². The quantitative estimate of drug-likeness (QED) is 0.823. The van der Waals surface area contributed by atoms with E-state index in [0.29, 0.717) is 12.2 Å². The van der Waals surface area contributed by atoms with E-state index in [-0.39, 0.29) is 5.92 Å².